The molecule has 0 bridgehead atoms. The van der Waals surface area contributed by atoms with Gasteiger partial charge in [-0.3, -0.25) is 9.59 Å². The van der Waals surface area contributed by atoms with Gasteiger partial charge in [0.1, 0.15) is 6.10 Å². The molecule has 0 N–H and O–H groups in total. The molecule has 0 spiro atoms. The van der Waals surface area contributed by atoms with Crippen molar-refractivity contribution in [1.29, 1.82) is 0 Å². The van der Waals surface area contributed by atoms with Gasteiger partial charge in [-0.15, -0.1) is 0 Å². The molecule has 4 fully saturated rings. The second-order valence-electron chi connectivity index (χ2n) is 13.7. The Morgan fingerprint density at radius 3 is 2.29 bits per heavy atom. The maximum absolute atomic E-state index is 11.5. The normalized spacial score (nSPS) is 42.2. The van der Waals surface area contributed by atoms with Crippen LogP contribution in [0.2, 0.25) is 0 Å². The molecule has 0 aromatic heterocycles. The lowest BCUT2D eigenvalue weighted by Gasteiger charge is -2.61. The summed E-state index contributed by atoms with van der Waals surface area (Å²) < 4.78 is 10.9. The molecule has 0 aliphatic heterocycles. The number of hydrogen-bond donors (Lipinski definition) is 0. The zero-order chi connectivity index (χ0) is 25.4. The monoisotopic (exact) mass is 488 g/mol. The fourth-order valence-electron chi connectivity index (χ4n) is 9.87. The molecule has 0 unspecified atom stereocenters. The fourth-order valence-corrected chi connectivity index (χ4v) is 9.87. The average Bonchev–Trinajstić information content (AvgIpc) is 3.15. The fraction of sp³-hybridized carbons (Fsp3) is 0.935. The molecule has 4 nitrogen and oxygen atoms in total. The third-order valence-electron chi connectivity index (χ3n) is 11.6. The first kappa shape index (κ1) is 27.0. The molecule has 4 rings (SSSR count). The highest BCUT2D eigenvalue weighted by Gasteiger charge is 2.60. The molecule has 0 aromatic carbocycles. The molecule has 4 aliphatic carbocycles. The number of esters is 2. The number of fused-ring (bicyclic) bond motifs is 5. The van der Waals surface area contributed by atoms with Gasteiger partial charge in [0.25, 0.3) is 0 Å². The van der Waals surface area contributed by atoms with E-state index in [4.69, 9.17) is 9.47 Å². The molecule has 0 radical (unpaired) electrons. The van der Waals surface area contributed by atoms with Crippen LogP contribution in [0.15, 0.2) is 0 Å². The first-order chi connectivity index (χ1) is 16.5. The van der Waals surface area contributed by atoms with E-state index in [0.717, 1.165) is 54.8 Å². The summed E-state index contributed by atoms with van der Waals surface area (Å²) in [5.74, 6) is 5.25. The van der Waals surface area contributed by atoms with E-state index in [9.17, 15) is 9.59 Å². The number of carbonyl (C=O) groups is 2. The van der Waals surface area contributed by atoms with Gasteiger partial charge in [-0.25, -0.2) is 0 Å². The smallest absolute Gasteiger partial charge is 0.302 e. The topological polar surface area (TPSA) is 52.6 Å². The molecule has 0 amide bonds. The molecule has 4 saturated carbocycles. The predicted octanol–water partition coefficient (Wildman–Crippen LogP) is 7.58. The highest BCUT2D eigenvalue weighted by Crippen LogP contribution is 2.68. The minimum atomic E-state index is -0.161. The quantitative estimate of drug-likeness (QED) is 0.330. The molecular formula is C31H52O4. The summed E-state index contributed by atoms with van der Waals surface area (Å²) >= 11 is 0. The maximum Gasteiger partial charge on any atom is 0.302 e. The van der Waals surface area contributed by atoms with E-state index < -0.39 is 0 Å². The molecule has 0 heterocycles. The largest absolute Gasteiger partial charge is 0.466 e. The molecule has 35 heavy (non-hydrogen) atoms. The van der Waals surface area contributed by atoms with E-state index >= 15 is 0 Å². The lowest BCUT2D eigenvalue weighted by Crippen LogP contribution is -2.54. The molecule has 4 heteroatoms. The van der Waals surface area contributed by atoms with Gasteiger partial charge in [-0.1, -0.05) is 40.5 Å². The van der Waals surface area contributed by atoms with E-state index in [1.54, 1.807) is 6.92 Å². The summed E-state index contributed by atoms with van der Waals surface area (Å²) in [7, 11) is 0. The number of carbonyl (C=O) groups excluding carboxylic acids is 2. The Morgan fingerprint density at radius 1 is 0.857 bits per heavy atom. The first-order valence-corrected chi connectivity index (χ1v) is 14.8. The van der Waals surface area contributed by atoms with Crippen molar-refractivity contribution < 1.29 is 19.1 Å². The van der Waals surface area contributed by atoms with Gasteiger partial charge >= 0.3 is 11.9 Å². The van der Waals surface area contributed by atoms with E-state index in [1.165, 1.54) is 64.7 Å². The lowest BCUT2D eigenvalue weighted by molar-refractivity contribution is -0.160. The predicted molar refractivity (Wildman–Crippen MR) is 140 cm³/mol. The van der Waals surface area contributed by atoms with Gasteiger partial charge in [-0.2, -0.15) is 0 Å². The molecule has 0 saturated heterocycles. The molecule has 10 atom stereocenters. The van der Waals surface area contributed by atoms with Gasteiger partial charge in [-0.05, 0) is 116 Å². The van der Waals surface area contributed by atoms with Crippen molar-refractivity contribution >= 4 is 11.9 Å². The Labute approximate surface area is 214 Å². The molecule has 4 aliphatic rings. The first-order valence-electron chi connectivity index (χ1n) is 14.8. The van der Waals surface area contributed by atoms with E-state index in [1.807, 2.05) is 0 Å². The van der Waals surface area contributed by atoms with Gasteiger partial charge in [0.15, 0.2) is 0 Å². The number of ether oxygens (including phenoxy) is 2. The van der Waals surface area contributed by atoms with Crippen molar-refractivity contribution in [2.24, 2.45) is 52.3 Å². The van der Waals surface area contributed by atoms with Crippen LogP contribution >= 0.6 is 0 Å². The van der Waals surface area contributed by atoms with Crippen molar-refractivity contribution in [3.05, 3.63) is 0 Å². The Kier molecular flexibility index (Phi) is 8.28. The van der Waals surface area contributed by atoms with Gasteiger partial charge in [0.05, 0.1) is 6.61 Å². The van der Waals surface area contributed by atoms with Crippen LogP contribution in [0.4, 0.5) is 0 Å². The molecular weight excluding hydrogens is 436 g/mol. The Balaban J connectivity index is 1.34. The third-order valence-corrected chi connectivity index (χ3v) is 11.6. The molecule has 0 aromatic rings. The van der Waals surface area contributed by atoms with Crippen molar-refractivity contribution in [3.8, 4) is 0 Å². The van der Waals surface area contributed by atoms with Crippen LogP contribution in [-0.4, -0.2) is 24.6 Å². The Bertz CT molecular complexity index is 763. The Morgan fingerprint density at radius 2 is 1.57 bits per heavy atom. The van der Waals surface area contributed by atoms with E-state index in [-0.39, 0.29) is 18.0 Å². The minimum Gasteiger partial charge on any atom is -0.466 e. The average molecular weight is 489 g/mol. The van der Waals surface area contributed by atoms with Gasteiger partial charge in [0, 0.05) is 13.8 Å². The second-order valence-corrected chi connectivity index (χ2v) is 13.7. The van der Waals surface area contributed by atoms with Crippen molar-refractivity contribution in [1.82, 2.24) is 0 Å². The second kappa shape index (κ2) is 10.7. The van der Waals surface area contributed by atoms with Crippen LogP contribution in [0.1, 0.15) is 119 Å². The van der Waals surface area contributed by atoms with Crippen LogP contribution in [0.5, 0.6) is 0 Å². The van der Waals surface area contributed by atoms with Crippen LogP contribution in [0, 0.1) is 52.3 Å². The van der Waals surface area contributed by atoms with E-state index in [0.29, 0.717) is 23.4 Å². The van der Waals surface area contributed by atoms with Crippen LogP contribution < -0.4 is 0 Å². The highest BCUT2D eigenvalue weighted by atomic mass is 16.5. The summed E-state index contributed by atoms with van der Waals surface area (Å²) in [5.41, 5.74) is 0.963. The van der Waals surface area contributed by atoms with Crippen molar-refractivity contribution in [2.75, 3.05) is 6.61 Å². The van der Waals surface area contributed by atoms with Crippen LogP contribution in [0.25, 0.3) is 0 Å². The SMILES string of the molecule is CC(=O)OC[C@H](C)CCC[C@@H](C)[C@H]1CC[C@H]2[C@@H]3CC[C@H]4C[C@H](OC(C)=O)CC[C@]4(C)[C@H]3CC[C@]12C. The summed E-state index contributed by atoms with van der Waals surface area (Å²) in [4.78, 5) is 22.6. The van der Waals surface area contributed by atoms with Crippen LogP contribution in [-0.2, 0) is 19.1 Å². The standard InChI is InChI=1S/C31H52O4/c1-20(19-34-22(3)32)8-7-9-21(2)27-12-13-28-26-11-10-24-18-25(35-23(4)33)14-16-30(24,5)29(26)15-17-31(27,28)6/h20-21,24-29H,7-19H2,1-6H3/t20-,21-,24+,25-,26+,27-,28+,29+,30+,31-/m1/s1. The molecule has 200 valence electrons. The van der Waals surface area contributed by atoms with Crippen molar-refractivity contribution in [3.63, 3.8) is 0 Å². The lowest BCUT2D eigenvalue weighted by atomic mass is 9.44. The van der Waals surface area contributed by atoms with Gasteiger partial charge in [0.2, 0.25) is 0 Å². The van der Waals surface area contributed by atoms with Crippen molar-refractivity contribution in [2.45, 2.75) is 125 Å². The summed E-state index contributed by atoms with van der Waals surface area (Å²) in [6.45, 7) is 13.6. The highest BCUT2D eigenvalue weighted by molar-refractivity contribution is 5.66. The maximum atomic E-state index is 11.5. The third kappa shape index (κ3) is 5.47. The zero-order valence-electron chi connectivity index (χ0n) is 23.4. The zero-order valence-corrected chi connectivity index (χ0v) is 23.4. The number of rotatable bonds is 8. The Hall–Kier alpha value is -1.06. The van der Waals surface area contributed by atoms with Gasteiger partial charge < -0.3 is 9.47 Å². The number of hydrogen-bond acceptors (Lipinski definition) is 4. The summed E-state index contributed by atoms with van der Waals surface area (Å²) in [6, 6.07) is 0. The summed E-state index contributed by atoms with van der Waals surface area (Å²) in [5, 5.41) is 0. The summed E-state index contributed by atoms with van der Waals surface area (Å²) in [6.07, 6.45) is 15.7. The van der Waals surface area contributed by atoms with E-state index in [2.05, 4.69) is 27.7 Å². The minimum absolute atomic E-state index is 0.106. The van der Waals surface area contributed by atoms with Crippen LogP contribution in [0.3, 0.4) is 0 Å².